The summed E-state index contributed by atoms with van der Waals surface area (Å²) in [6.45, 7) is 0. The largest absolute Gasteiger partial charge is 0.325 e. The van der Waals surface area contributed by atoms with Crippen molar-refractivity contribution in [2.24, 2.45) is 23.5 Å². The Morgan fingerprint density at radius 1 is 1.17 bits per heavy atom. The minimum absolute atomic E-state index is 0. The van der Waals surface area contributed by atoms with Crippen LogP contribution in [-0.2, 0) is 0 Å². The molecule has 4 unspecified atom stereocenters. The average molecular weight is 188 g/mol. The van der Waals surface area contributed by atoms with E-state index in [0.29, 0.717) is 5.54 Å². The molecule has 3 fully saturated rings. The number of fused-ring (bicyclic) bond motifs is 5. The van der Waals surface area contributed by atoms with E-state index in [0.717, 1.165) is 17.8 Å². The lowest BCUT2D eigenvalue weighted by Gasteiger charge is -2.35. The molecule has 2 bridgehead atoms. The quantitative estimate of drug-likeness (QED) is 0.619. The smallest absolute Gasteiger partial charge is 0.0214 e. The maximum absolute atomic E-state index is 6.45. The second-order valence-corrected chi connectivity index (χ2v) is 4.88. The van der Waals surface area contributed by atoms with E-state index in [1.165, 1.54) is 38.5 Å². The predicted octanol–water partition coefficient (Wildman–Crippen LogP) is 2.34. The summed E-state index contributed by atoms with van der Waals surface area (Å²) in [5.41, 5.74) is 6.77. The molecule has 2 N–H and O–H groups in total. The van der Waals surface area contributed by atoms with Crippen molar-refractivity contribution in [3.8, 4) is 0 Å². The van der Waals surface area contributed by atoms with Crippen LogP contribution in [0.25, 0.3) is 0 Å². The molecule has 3 saturated carbocycles. The SMILES string of the molecule is Cl.NC12CCCC1C1CCC2C1. The standard InChI is InChI=1S/C10H17N.ClH/c11-10-5-1-2-9(10)7-3-4-8(10)6-7;/h7-9H,1-6,11H2;1H. The molecule has 0 heterocycles. The number of rotatable bonds is 0. The van der Waals surface area contributed by atoms with E-state index in [1.54, 1.807) is 0 Å². The summed E-state index contributed by atoms with van der Waals surface area (Å²) >= 11 is 0. The van der Waals surface area contributed by atoms with Crippen LogP contribution in [0, 0.1) is 17.8 Å². The molecule has 0 radical (unpaired) electrons. The highest BCUT2D eigenvalue weighted by molar-refractivity contribution is 5.85. The summed E-state index contributed by atoms with van der Waals surface area (Å²) in [6.07, 6.45) is 8.60. The summed E-state index contributed by atoms with van der Waals surface area (Å²) in [4.78, 5) is 0. The van der Waals surface area contributed by atoms with Crippen LogP contribution in [-0.4, -0.2) is 5.54 Å². The van der Waals surface area contributed by atoms with Crippen molar-refractivity contribution in [2.75, 3.05) is 0 Å². The third-order valence-electron chi connectivity index (χ3n) is 4.62. The Hall–Kier alpha value is 0.250. The molecule has 0 spiro atoms. The van der Waals surface area contributed by atoms with Crippen molar-refractivity contribution in [3.05, 3.63) is 0 Å². The molecule has 3 aliphatic carbocycles. The van der Waals surface area contributed by atoms with Crippen molar-refractivity contribution in [2.45, 2.75) is 44.1 Å². The van der Waals surface area contributed by atoms with Gasteiger partial charge in [-0.3, -0.25) is 0 Å². The van der Waals surface area contributed by atoms with Crippen molar-refractivity contribution < 1.29 is 0 Å². The summed E-state index contributed by atoms with van der Waals surface area (Å²) in [6, 6.07) is 0. The lowest BCUT2D eigenvalue weighted by Crippen LogP contribution is -2.47. The number of halogens is 1. The molecular formula is C10H18ClN. The molecule has 0 aromatic rings. The van der Waals surface area contributed by atoms with Crippen LogP contribution in [0.1, 0.15) is 38.5 Å². The van der Waals surface area contributed by atoms with Gasteiger partial charge in [0.25, 0.3) is 0 Å². The van der Waals surface area contributed by atoms with Crippen molar-refractivity contribution >= 4 is 12.4 Å². The van der Waals surface area contributed by atoms with Gasteiger partial charge in [0.15, 0.2) is 0 Å². The van der Waals surface area contributed by atoms with E-state index < -0.39 is 0 Å². The van der Waals surface area contributed by atoms with E-state index in [9.17, 15) is 0 Å². The Labute approximate surface area is 80.5 Å². The van der Waals surface area contributed by atoms with Gasteiger partial charge in [-0.1, -0.05) is 6.42 Å². The molecule has 1 nitrogen and oxygen atoms in total. The Morgan fingerprint density at radius 3 is 2.75 bits per heavy atom. The third kappa shape index (κ3) is 0.843. The van der Waals surface area contributed by atoms with Gasteiger partial charge in [-0.05, 0) is 49.9 Å². The Kier molecular flexibility index (Phi) is 1.93. The van der Waals surface area contributed by atoms with Gasteiger partial charge in [0, 0.05) is 5.54 Å². The minimum Gasteiger partial charge on any atom is -0.325 e. The number of hydrogen-bond donors (Lipinski definition) is 1. The summed E-state index contributed by atoms with van der Waals surface area (Å²) in [5, 5.41) is 0. The van der Waals surface area contributed by atoms with Gasteiger partial charge in [0.1, 0.15) is 0 Å². The Bertz CT molecular complexity index is 194. The zero-order valence-electron chi connectivity index (χ0n) is 7.46. The topological polar surface area (TPSA) is 26.0 Å². The van der Waals surface area contributed by atoms with Gasteiger partial charge in [-0.15, -0.1) is 12.4 Å². The highest BCUT2D eigenvalue weighted by Gasteiger charge is 2.57. The molecule has 0 saturated heterocycles. The molecule has 0 amide bonds. The zero-order chi connectivity index (χ0) is 7.47. The molecule has 12 heavy (non-hydrogen) atoms. The first kappa shape index (κ1) is 8.83. The second kappa shape index (κ2) is 2.62. The lowest BCUT2D eigenvalue weighted by molar-refractivity contribution is 0.210. The molecule has 3 rings (SSSR count). The van der Waals surface area contributed by atoms with Gasteiger partial charge in [-0.25, -0.2) is 0 Å². The van der Waals surface area contributed by atoms with Gasteiger partial charge >= 0.3 is 0 Å². The Balaban J connectivity index is 0.000000563. The van der Waals surface area contributed by atoms with Gasteiger partial charge in [-0.2, -0.15) is 0 Å². The van der Waals surface area contributed by atoms with Crippen LogP contribution in [0.15, 0.2) is 0 Å². The first-order valence-electron chi connectivity index (χ1n) is 5.09. The van der Waals surface area contributed by atoms with Crippen LogP contribution in [0.4, 0.5) is 0 Å². The summed E-state index contributed by atoms with van der Waals surface area (Å²) < 4.78 is 0. The normalized spacial score (nSPS) is 55.2. The van der Waals surface area contributed by atoms with Crippen LogP contribution in [0.2, 0.25) is 0 Å². The monoisotopic (exact) mass is 187 g/mol. The van der Waals surface area contributed by atoms with Crippen LogP contribution < -0.4 is 5.73 Å². The fourth-order valence-corrected chi connectivity index (χ4v) is 4.13. The maximum atomic E-state index is 6.45. The van der Waals surface area contributed by atoms with Crippen LogP contribution in [0.5, 0.6) is 0 Å². The third-order valence-corrected chi connectivity index (χ3v) is 4.62. The van der Waals surface area contributed by atoms with Crippen molar-refractivity contribution in [3.63, 3.8) is 0 Å². The molecule has 3 aliphatic rings. The van der Waals surface area contributed by atoms with E-state index in [2.05, 4.69) is 0 Å². The highest BCUT2D eigenvalue weighted by Crippen LogP contribution is 2.59. The highest BCUT2D eigenvalue weighted by atomic mass is 35.5. The molecule has 0 aromatic heterocycles. The van der Waals surface area contributed by atoms with E-state index in [-0.39, 0.29) is 12.4 Å². The average Bonchev–Trinajstić information content (AvgIpc) is 2.54. The lowest BCUT2D eigenvalue weighted by atomic mass is 9.76. The molecular weight excluding hydrogens is 170 g/mol. The Morgan fingerprint density at radius 2 is 2.00 bits per heavy atom. The van der Waals surface area contributed by atoms with E-state index in [4.69, 9.17) is 5.73 Å². The molecule has 70 valence electrons. The minimum atomic E-state index is 0. The first-order valence-corrected chi connectivity index (χ1v) is 5.09. The van der Waals surface area contributed by atoms with E-state index in [1.807, 2.05) is 0 Å². The first-order chi connectivity index (χ1) is 5.31. The molecule has 2 heteroatoms. The van der Waals surface area contributed by atoms with Gasteiger partial charge < -0.3 is 5.73 Å². The van der Waals surface area contributed by atoms with Crippen molar-refractivity contribution in [1.29, 1.82) is 0 Å². The summed E-state index contributed by atoms with van der Waals surface area (Å²) in [7, 11) is 0. The van der Waals surface area contributed by atoms with Crippen LogP contribution >= 0.6 is 12.4 Å². The van der Waals surface area contributed by atoms with Crippen molar-refractivity contribution in [1.82, 2.24) is 0 Å². The van der Waals surface area contributed by atoms with Gasteiger partial charge in [0.2, 0.25) is 0 Å². The molecule has 0 aliphatic heterocycles. The van der Waals surface area contributed by atoms with Gasteiger partial charge in [0.05, 0.1) is 0 Å². The summed E-state index contributed by atoms with van der Waals surface area (Å²) in [5.74, 6) is 2.88. The molecule has 4 atom stereocenters. The van der Waals surface area contributed by atoms with E-state index >= 15 is 0 Å². The maximum Gasteiger partial charge on any atom is 0.0214 e. The number of hydrogen-bond acceptors (Lipinski definition) is 1. The molecule has 0 aromatic carbocycles. The second-order valence-electron chi connectivity index (χ2n) is 4.88. The fraction of sp³-hybridized carbons (Fsp3) is 1.00. The zero-order valence-corrected chi connectivity index (χ0v) is 8.28. The van der Waals surface area contributed by atoms with Crippen LogP contribution in [0.3, 0.4) is 0 Å². The number of nitrogens with two attached hydrogens (primary N) is 1. The fourth-order valence-electron chi connectivity index (χ4n) is 4.13. The predicted molar refractivity (Wildman–Crippen MR) is 52.3 cm³/mol.